The molecule has 0 aliphatic carbocycles. The number of carbonyl (C=O) groups excluding carboxylic acids is 1. The molecular weight excluding hydrogens is 887 g/mol. The van der Waals surface area contributed by atoms with Gasteiger partial charge in [0.1, 0.15) is 24.4 Å². The van der Waals surface area contributed by atoms with Crippen LogP contribution < -0.4 is 5.32 Å². The van der Waals surface area contributed by atoms with Crippen molar-refractivity contribution in [3.05, 3.63) is 12.2 Å². The SMILES string of the molecule is CCCCCCC/C=C/C(O)C(COC1OC(CO)C(O)C(O)C1O)NC(=O)CCCCCCCCCCCCCCCCCCCCCCCCCCCCCCCCCCCCCCCCCCC. The Balaban J connectivity index is 1.91. The molecule has 71 heavy (non-hydrogen) atoms. The molecule has 9 heteroatoms. The van der Waals surface area contributed by atoms with E-state index in [1.165, 1.54) is 263 Å². The number of nitrogens with one attached hydrogen (secondary N) is 1. The molecule has 7 atom stereocenters. The highest BCUT2D eigenvalue weighted by molar-refractivity contribution is 5.76. The first kappa shape index (κ1) is 67.9. The average molecular weight is 1010 g/mol. The van der Waals surface area contributed by atoms with E-state index in [0.717, 1.165) is 38.5 Å². The molecule has 1 rings (SSSR count). The molecule has 1 aliphatic heterocycles. The molecule has 1 saturated heterocycles. The summed E-state index contributed by atoms with van der Waals surface area (Å²) in [5.41, 5.74) is 0. The summed E-state index contributed by atoms with van der Waals surface area (Å²) in [6.07, 6.45) is 59.5. The highest BCUT2D eigenvalue weighted by Gasteiger charge is 2.44. The lowest BCUT2D eigenvalue weighted by Crippen LogP contribution is -2.60. The molecule has 6 N–H and O–H groups in total. The van der Waals surface area contributed by atoms with Gasteiger partial charge >= 0.3 is 0 Å². The number of unbranched alkanes of at least 4 members (excludes halogenated alkanes) is 45. The number of aliphatic hydroxyl groups is 5. The van der Waals surface area contributed by atoms with Gasteiger partial charge in [0.05, 0.1) is 25.4 Å². The summed E-state index contributed by atoms with van der Waals surface area (Å²) < 4.78 is 11.2. The van der Waals surface area contributed by atoms with Crippen molar-refractivity contribution < 1.29 is 39.8 Å². The standard InChI is InChI=1S/C62H121NO8/c1-3-5-7-9-11-12-13-14-15-16-17-18-19-20-21-22-23-24-25-26-27-28-29-30-31-32-33-34-35-36-37-38-39-40-41-42-43-44-46-48-50-52-58(66)63-55(56(65)51-49-47-45-10-8-6-4-2)54-70-62-61(69)60(68)59(67)57(53-64)71-62/h49,51,55-57,59-62,64-65,67-69H,3-48,50,52-54H2,1-2H3,(H,63,66)/b51-49+. The zero-order valence-corrected chi connectivity index (χ0v) is 47.0. The molecule has 1 amide bonds. The predicted molar refractivity (Wildman–Crippen MR) is 300 cm³/mol. The molecular formula is C62H121NO8. The second-order valence-corrected chi connectivity index (χ2v) is 22.2. The number of carbonyl (C=O) groups is 1. The van der Waals surface area contributed by atoms with Crippen LogP contribution >= 0.6 is 0 Å². The smallest absolute Gasteiger partial charge is 0.220 e. The lowest BCUT2D eigenvalue weighted by atomic mass is 9.99. The third-order valence-electron chi connectivity index (χ3n) is 15.4. The van der Waals surface area contributed by atoms with E-state index in [0.29, 0.717) is 6.42 Å². The number of hydrogen-bond donors (Lipinski definition) is 6. The van der Waals surface area contributed by atoms with Gasteiger partial charge < -0.3 is 40.3 Å². The van der Waals surface area contributed by atoms with E-state index in [4.69, 9.17) is 9.47 Å². The molecule has 9 nitrogen and oxygen atoms in total. The van der Waals surface area contributed by atoms with Gasteiger partial charge in [0.15, 0.2) is 6.29 Å². The fourth-order valence-electron chi connectivity index (χ4n) is 10.4. The van der Waals surface area contributed by atoms with E-state index in [-0.39, 0.29) is 12.5 Å². The quantitative estimate of drug-likeness (QED) is 0.0261. The van der Waals surface area contributed by atoms with Gasteiger partial charge in [-0.05, 0) is 19.3 Å². The second kappa shape index (κ2) is 52.4. The highest BCUT2D eigenvalue weighted by atomic mass is 16.7. The van der Waals surface area contributed by atoms with Gasteiger partial charge in [-0.25, -0.2) is 0 Å². The highest BCUT2D eigenvalue weighted by Crippen LogP contribution is 2.23. The molecule has 7 unspecified atom stereocenters. The summed E-state index contributed by atoms with van der Waals surface area (Å²) >= 11 is 0. The second-order valence-electron chi connectivity index (χ2n) is 22.2. The Morgan fingerprint density at radius 2 is 0.775 bits per heavy atom. The third-order valence-corrected chi connectivity index (χ3v) is 15.4. The van der Waals surface area contributed by atoms with Crippen LogP contribution in [0.15, 0.2) is 12.2 Å². The molecule has 0 radical (unpaired) electrons. The number of ether oxygens (including phenoxy) is 2. The van der Waals surface area contributed by atoms with Crippen molar-refractivity contribution in [2.24, 2.45) is 0 Å². The Hall–Kier alpha value is -1.07. The van der Waals surface area contributed by atoms with Crippen molar-refractivity contribution in [3.63, 3.8) is 0 Å². The maximum atomic E-state index is 13.0. The Morgan fingerprint density at radius 1 is 0.465 bits per heavy atom. The fourth-order valence-corrected chi connectivity index (χ4v) is 10.4. The minimum Gasteiger partial charge on any atom is -0.394 e. The maximum Gasteiger partial charge on any atom is 0.220 e. The molecule has 0 aromatic carbocycles. The molecule has 0 aromatic heterocycles. The Bertz CT molecular complexity index is 1120. The zero-order chi connectivity index (χ0) is 51.5. The Labute approximate surface area is 439 Å². The van der Waals surface area contributed by atoms with Crippen LogP contribution in [0.3, 0.4) is 0 Å². The van der Waals surface area contributed by atoms with Crippen LogP contribution in [0.4, 0.5) is 0 Å². The van der Waals surface area contributed by atoms with Crippen molar-refractivity contribution in [2.45, 2.75) is 365 Å². The summed E-state index contributed by atoms with van der Waals surface area (Å²) in [6.45, 7) is 3.74. The van der Waals surface area contributed by atoms with E-state index < -0.39 is 49.5 Å². The van der Waals surface area contributed by atoms with Crippen LogP contribution in [0.1, 0.15) is 322 Å². The summed E-state index contributed by atoms with van der Waals surface area (Å²) in [4.78, 5) is 13.0. The van der Waals surface area contributed by atoms with Crippen molar-refractivity contribution in [3.8, 4) is 0 Å². The van der Waals surface area contributed by atoms with Gasteiger partial charge in [-0.2, -0.15) is 0 Å². The summed E-state index contributed by atoms with van der Waals surface area (Å²) in [5, 5.41) is 54.1. The molecule has 0 aromatic rings. The first-order valence-electron chi connectivity index (χ1n) is 31.4. The van der Waals surface area contributed by atoms with Gasteiger partial charge in [0.25, 0.3) is 0 Å². The van der Waals surface area contributed by atoms with Crippen molar-refractivity contribution >= 4 is 5.91 Å². The van der Waals surface area contributed by atoms with Crippen LogP contribution in [-0.4, -0.2) is 87.5 Å². The normalized spacial score (nSPS) is 19.2. The Kier molecular flexibility index (Phi) is 50.1. The van der Waals surface area contributed by atoms with Crippen LogP contribution in [0.25, 0.3) is 0 Å². The fraction of sp³-hybridized carbons (Fsp3) is 0.952. The summed E-state index contributed by atoms with van der Waals surface area (Å²) in [6, 6.07) is -0.797. The van der Waals surface area contributed by atoms with Crippen LogP contribution in [0, 0.1) is 0 Å². The molecule has 1 aliphatic rings. The van der Waals surface area contributed by atoms with Gasteiger partial charge in [-0.15, -0.1) is 0 Å². The molecule has 0 spiro atoms. The summed E-state index contributed by atoms with van der Waals surface area (Å²) in [7, 11) is 0. The van der Waals surface area contributed by atoms with Gasteiger partial charge in [0, 0.05) is 6.42 Å². The molecule has 1 fully saturated rings. The van der Waals surface area contributed by atoms with Gasteiger partial charge in [-0.1, -0.05) is 309 Å². The molecule has 1 heterocycles. The minimum atomic E-state index is -1.56. The summed E-state index contributed by atoms with van der Waals surface area (Å²) in [5.74, 6) is -0.175. The van der Waals surface area contributed by atoms with Gasteiger partial charge in [-0.3, -0.25) is 4.79 Å². The third kappa shape index (κ3) is 41.8. The lowest BCUT2D eigenvalue weighted by molar-refractivity contribution is -0.302. The Morgan fingerprint density at radius 3 is 1.10 bits per heavy atom. The first-order chi connectivity index (χ1) is 34.8. The first-order valence-corrected chi connectivity index (χ1v) is 31.4. The largest absolute Gasteiger partial charge is 0.394 e. The minimum absolute atomic E-state index is 0.175. The van der Waals surface area contributed by atoms with Crippen LogP contribution in [0.2, 0.25) is 0 Å². The van der Waals surface area contributed by atoms with Gasteiger partial charge in [0.2, 0.25) is 5.91 Å². The lowest BCUT2D eigenvalue weighted by Gasteiger charge is -2.40. The topological polar surface area (TPSA) is 149 Å². The number of hydrogen-bond acceptors (Lipinski definition) is 8. The number of aliphatic hydroxyl groups excluding tert-OH is 5. The van der Waals surface area contributed by atoms with E-state index in [1.54, 1.807) is 6.08 Å². The number of amides is 1. The van der Waals surface area contributed by atoms with E-state index in [9.17, 15) is 30.3 Å². The van der Waals surface area contributed by atoms with Crippen molar-refractivity contribution in [2.75, 3.05) is 13.2 Å². The molecule has 0 saturated carbocycles. The molecule has 422 valence electrons. The predicted octanol–water partition coefficient (Wildman–Crippen LogP) is 16.0. The zero-order valence-electron chi connectivity index (χ0n) is 47.0. The molecule has 0 bridgehead atoms. The van der Waals surface area contributed by atoms with Crippen LogP contribution in [0.5, 0.6) is 0 Å². The van der Waals surface area contributed by atoms with Crippen molar-refractivity contribution in [1.82, 2.24) is 5.32 Å². The monoisotopic (exact) mass is 1010 g/mol. The number of rotatable bonds is 55. The van der Waals surface area contributed by atoms with Crippen molar-refractivity contribution in [1.29, 1.82) is 0 Å². The number of allylic oxidation sites excluding steroid dienone is 1. The van der Waals surface area contributed by atoms with E-state index in [1.807, 2.05) is 6.08 Å². The maximum absolute atomic E-state index is 13.0. The van der Waals surface area contributed by atoms with E-state index >= 15 is 0 Å². The van der Waals surface area contributed by atoms with Crippen LogP contribution in [-0.2, 0) is 14.3 Å². The average Bonchev–Trinajstić information content (AvgIpc) is 3.37. The van der Waals surface area contributed by atoms with E-state index in [2.05, 4.69) is 19.2 Å².